The standard InChI is InChI=1S/C15H17ClF4O/c16-10-6-5-9(13(17)8-10)7-14(21)11-3-1-2-4-12(11)15(18,19)20/h5-6,8,11-12,14,21H,1-4,7H2. The lowest BCUT2D eigenvalue weighted by atomic mass is 9.74. The Bertz CT molecular complexity index is 489. The van der Waals surface area contributed by atoms with Gasteiger partial charge in [-0.05, 0) is 36.5 Å². The van der Waals surface area contributed by atoms with Crippen molar-refractivity contribution in [1.82, 2.24) is 0 Å². The Morgan fingerprint density at radius 1 is 1.24 bits per heavy atom. The van der Waals surface area contributed by atoms with Crippen LogP contribution in [0.1, 0.15) is 31.2 Å². The molecule has 118 valence electrons. The topological polar surface area (TPSA) is 20.2 Å². The molecule has 0 radical (unpaired) electrons. The lowest BCUT2D eigenvalue weighted by Gasteiger charge is -2.36. The summed E-state index contributed by atoms with van der Waals surface area (Å²) in [6.07, 6.45) is -4.10. The van der Waals surface area contributed by atoms with E-state index in [1.807, 2.05) is 0 Å². The van der Waals surface area contributed by atoms with Crippen LogP contribution in [0, 0.1) is 17.7 Å². The Morgan fingerprint density at radius 2 is 1.90 bits per heavy atom. The maximum atomic E-state index is 13.7. The molecule has 3 atom stereocenters. The van der Waals surface area contributed by atoms with Crippen LogP contribution in [0.4, 0.5) is 17.6 Å². The molecule has 1 aromatic rings. The van der Waals surface area contributed by atoms with E-state index >= 15 is 0 Å². The molecule has 1 aromatic carbocycles. The summed E-state index contributed by atoms with van der Waals surface area (Å²) in [7, 11) is 0. The SMILES string of the molecule is OC(Cc1ccc(Cl)cc1F)C1CCCCC1C(F)(F)F. The van der Waals surface area contributed by atoms with Crippen molar-refractivity contribution >= 4 is 11.6 Å². The van der Waals surface area contributed by atoms with Gasteiger partial charge in [-0.3, -0.25) is 0 Å². The zero-order valence-electron chi connectivity index (χ0n) is 11.3. The molecule has 1 fully saturated rings. The number of rotatable bonds is 3. The van der Waals surface area contributed by atoms with Gasteiger partial charge in [0.05, 0.1) is 12.0 Å². The number of hydrogen-bond acceptors (Lipinski definition) is 1. The fourth-order valence-electron chi connectivity index (χ4n) is 3.09. The summed E-state index contributed by atoms with van der Waals surface area (Å²) in [6.45, 7) is 0. The average Bonchev–Trinajstić information content (AvgIpc) is 2.41. The average molecular weight is 325 g/mol. The molecule has 1 saturated carbocycles. The van der Waals surface area contributed by atoms with Gasteiger partial charge in [-0.2, -0.15) is 13.2 Å². The Morgan fingerprint density at radius 3 is 2.52 bits per heavy atom. The van der Waals surface area contributed by atoms with Crippen LogP contribution < -0.4 is 0 Å². The fraction of sp³-hybridized carbons (Fsp3) is 0.600. The van der Waals surface area contributed by atoms with E-state index in [0.717, 1.165) is 6.07 Å². The normalized spacial score (nSPS) is 24.9. The molecule has 3 unspecified atom stereocenters. The molecule has 1 nitrogen and oxygen atoms in total. The summed E-state index contributed by atoms with van der Waals surface area (Å²) in [5.74, 6) is -2.97. The first-order valence-electron chi connectivity index (χ1n) is 6.97. The van der Waals surface area contributed by atoms with E-state index in [2.05, 4.69) is 0 Å². The first-order chi connectivity index (χ1) is 9.79. The van der Waals surface area contributed by atoms with Crippen molar-refractivity contribution in [2.75, 3.05) is 0 Å². The van der Waals surface area contributed by atoms with E-state index in [0.29, 0.717) is 19.3 Å². The van der Waals surface area contributed by atoms with Crippen molar-refractivity contribution in [2.45, 2.75) is 44.4 Å². The van der Waals surface area contributed by atoms with Gasteiger partial charge in [0.25, 0.3) is 0 Å². The predicted molar refractivity (Wildman–Crippen MR) is 72.6 cm³/mol. The molecule has 0 aliphatic heterocycles. The van der Waals surface area contributed by atoms with Crippen LogP contribution in [-0.4, -0.2) is 17.4 Å². The first kappa shape index (κ1) is 16.6. The van der Waals surface area contributed by atoms with Gasteiger partial charge in [0.15, 0.2) is 0 Å². The quantitative estimate of drug-likeness (QED) is 0.795. The van der Waals surface area contributed by atoms with E-state index in [9.17, 15) is 22.7 Å². The van der Waals surface area contributed by atoms with Crippen LogP contribution in [0.3, 0.4) is 0 Å². The second-order valence-electron chi connectivity index (χ2n) is 5.60. The number of alkyl halides is 3. The summed E-state index contributed by atoms with van der Waals surface area (Å²) in [4.78, 5) is 0. The van der Waals surface area contributed by atoms with Gasteiger partial charge in [-0.15, -0.1) is 0 Å². The van der Waals surface area contributed by atoms with Crippen molar-refractivity contribution in [3.63, 3.8) is 0 Å². The van der Waals surface area contributed by atoms with Gasteiger partial charge in [0, 0.05) is 11.4 Å². The first-order valence-corrected chi connectivity index (χ1v) is 7.35. The lowest BCUT2D eigenvalue weighted by Crippen LogP contribution is -2.40. The van der Waals surface area contributed by atoms with Gasteiger partial charge in [0.1, 0.15) is 5.82 Å². The highest BCUT2D eigenvalue weighted by Gasteiger charge is 2.47. The number of aliphatic hydroxyl groups is 1. The van der Waals surface area contributed by atoms with E-state index in [4.69, 9.17) is 11.6 Å². The van der Waals surface area contributed by atoms with E-state index in [1.165, 1.54) is 12.1 Å². The number of aliphatic hydroxyl groups excluding tert-OH is 1. The summed E-state index contributed by atoms with van der Waals surface area (Å²) in [6, 6.07) is 3.98. The summed E-state index contributed by atoms with van der Waals surface area (Å²) in [5.41, 5.74) is 0.193. The van der Waals surface area contributed by atoms with E-state index in [1.54, 1.807) is 0 Å². The molecular formula is C15H17ClF4O. The number of halogens is 5. The van der Waals surface area contributed by atoms with Crippen LogP contribution in [0.5, 0.6) is 0 Å². The van der Waals surface area contributed by atoms with Gasteiger partial charge >= 0.3 is 6.18 Å². The molecular weight excluding hydrogens is 308 g/mol. The minimum Gasteiger partial charge on any atom is -0.392 e. The van der Waals surface area contributed by atoms with Crippen molar-refractivity contribution in [3.05, 3.63) is 34.6 Å². The second kappa shape index (κ2) is 6.53. The third-order valence-electron chi connectivity index (χ3n) is 4.18. The molecule has 6 heteroatoms. The monoisotopic (exact) mass is 324 g/mol. The van der Waals surface area contributed by atoms with Crippen LogP contribution in [0.2, 0.25) is 5.02 Å². The highest BCUT2D eigenvalue weighted by molar-refractivity contribution is 6.30. The fourth-order valence-corrected chi connectivity index (χ4v) is 3.25. The zero-order valence-corrected chi connectivity index (χ0v) is 12.1. The second-order valence-corrected chi connectivity index (χ2v) is 6.04. The Labute approximate surface area is 125 Å². The summed E-state index contributed by atoms with van der Waals surface area (Å²) >= 11 is 5.63. The molecule has 0 spiro atoms. The number of benzene rings is 1. The Kier molecular flexibility index (Phi) is 5.15. The van der Waals surface area contributed by atoms with Crippen molar-refractivity contribution in [3.8, 4) is 0 Å². The molecule has 0 heterocycles. The smallest absolute Gasteiger partial charge is 0.392 e. The van der Waals surface area contributed by atoms with Gasteiger partial charge in [0.2, 0.25) is 0 Å². The van der Waals surface area contributed by atoms with Crippen molar-refractivity contribution in [2.24, 2.45) is 11.8 Å². The lowest BCUT2D eigenvalue weighted by molar-refractivity contribution is -0.206. The van der Waals surface area contributed by atoms with Crippen LogP contribution >= 0.6 is 11.6 Å². The zero-order chi connectivity index (χ0) is 15.6. The van der Waals surface area contributed by atoms with Gasteiger partial charge in [-0.1, -0.05) is 30.5 Å². The molecule has 21 heavy (non-hydrogen) atoms. The molecule has 1 aliphatic carbocycles. The molecule has 0 bridgehead atoms. The molecule has 0 amide bonds. The molecule has 2 rings (SSSR count). The molecule has 1 N–H and O–H groups in total. The summed E-state index contributed by atoms with van der Waals surface area (Å²) < 4.78 is 52.8. The van der Waals surface area contributed by atoms with E-state index in [-0.39, 0.29) is 23.4 Å². The van der Waals surface area contributed by atoms with Crippen LogP contribution in [-0.2, 0) is 6.42 Å². The molecule has 1 aliphatic rings. The third-order valence-corrected chi connectivity index (χ3v) is 4.41. The maximum absolute atomic E-state index is 13.7. The Hall–Kier alpha value is -0.810. The van der Waals surface area contributed by atoms with Crippen molar-refractivity contribution in [1.29, 1.82) is 0 Å². The van der Waals surface area contributed by atoms with Crippen LogP contribution in [0.15, 0.2) is 18.2 Å². The Balaban J connectivity index is 2.12. The minimum atomic E-state index is -4.31. The highest BCUT2D eigenvalue weighted by Crippen LogP contribution is 2.43. The van der Waals surface area contributed by atoms with Gasteiger partial charge < -0.3 is 5.11 Å². The van der Waals surface area contributed by atoms with E-state index < -0.39 is 29.9 Å². The summed E-state index contributed by atoms with van der Waals surface area (Å²) in [5, 5.41) is 10.4. The van der Waals surface area contributed by atoms with Gasteiger partial charge in [-0.25, -0.2) is 4.39 Å². The largest absolute Gasteiger partial charge is 0.392 e. The third kappa shape index (κ3) is 4.10. The number of hydrogen-bond donors (Lipinski definition) is 1. The van der Waals surface area contributed by atoms with Crippen LogP contribution in [0.25, 0.3) is 0 Å². The predicted octanol–water partition coefficient (Wildman–Crippen LogP) is 4.75. The van der Waals surface area contributed by atoms with Crippen molar-refractivity contribution < 1.29 is 22.7 Å². The maximum Gasteiger partial charge on any atom is 0.392 e. The minimum absolute atomic E-state index is 0.0360. The molecule has 0 saturated heterocycles. The highest BCUT2D eigenvalue weighted by atomic mass is 35.5. The molecule has 0 aromatic heterocycles.